The molecule has 4 aliphatic carbocycles. The van der Waals surface area contributed by atoms with Crippen molar-refractivity contribution in [1.29, 1.82) is 0 Å². The number of carboxylic acid groups (broad SMARTS) is 1. The van der Waals surface area contributed by atoms with Crippen molar-refractivity contribution in [2.24, 2.45) is 39.2 Å². The van der Waals surface area contributed by atoms with E-state index >= 15 is 0 Å². The zero-order valence-corrected chi connectivity index (χ0v) is 15.0. The van der Waals surface area contributed by atoms with E-state index < -0.39 is 11.4 Å². The van der Waals surface area contributed by atoms with Crippen molar-refractivity contribution in [1.82, 2.24) is 0 Å². The summed E-state index contributed by atoms with van der Waals surface area (Å²) in [5.41, 5.74) is 7.01. The van der Waals surface area contributed by atoms with Gasteiger partial charge in [-0.15, -0.1) is 0 Å². The molecule has 7 atom stereocenters. The van der Waals surface area contributed by atoms with Crippen molar-refractivity contribution < 1.29 is 9.90 Å². The second-order valence-electron chi connectivity index (χ2n) is 10.3. The van der Waals surface area contributed by atoms with Crippen LogP contribution in [0.2, 0.25) is 0 Å². The van der Waals surface area contributed by atoms with Crippen LogP contribution < -0.4 is 5.73 Å². The maximum atomic E-state index is 12.1. The average Bonchev–Trinajstić information content (AvgIpc) is 2.63. The Hall–Kier alpha value is -0.570. The molecular weight excluding hydrogens is 286 g/mol. The van der Waals surface area contributed by atoms with E-state index in [1.54, 1.807) is 0 Å². The molecule has 0 aromatic rings. The number of carbonyl (C=O) groups is 1. The fourth-order valence-corrected chi connectivity index (χ4v) is 8.07. The Morgan fingerprint density at radius 2 is 1.74 bits per heavy atom. The molecule has 2 bridgehead atoms. The van der Waals surface area contributed by atoms with Crippen LogP contribution >= 0.6 is 0 Å². The molecule has 4 aliphatic rings. The Kier molecular flexibility index (Phi) is 3.14. The number of hydrogen-bond donors (Lipinski definition) is 2. The van der Waals surface area contributed by atoms with Crippen LogP contribution in [0.4, 0.5) is 0 Å². The number of aliphatic carboxylic acids is 1. The van der Waals surface area contributed by atoms with Crippen LogP contribution in [0.25, 0.3) is 0 Å². The van der Waals surface area contributed by atoms with Crippen LogP contribution in [0.3, 0.4) is 0 Å². The first-order valence-electron chi connectivity index (χ1n) is 9.65. The van der Waals surface area contributed by atoms with Crippen molar-refractivity contribution in [3.05, 3.63) is 0 Å². The highest BCUT2D eigenvalue weighted by molar-refractivity contribution is 5.75. The standard InChI is InChI=1S/C20H33NO2/c1-17-9-5-14-18(2)7-4-8-19(3,16(22)23)13(18)6-10-20(14,12-17)11-15(17)21/h13-15H,4-12,21H2,1-3H3,(H,22,23)/t13-,14-,15-,17-,18+,19+,20-/m0/s1. The van der Waals surface area contributed by atoms with Gasteiger partial charge in [0.1, 0.15) is 0 Å². The van der Waals surface area contributed by atoms with Gasteiger partial charge >= 0.3 is 5.97 Å². The summed E-state index contributed by atoms with van der Waals surface area (Å²) in [6.45, 7) is 6.87. The molecule has 4 saturated carbocycles. The van der Waals surface area contributed by atoms with Gasteiger partial charge in [-0.2, -0.15) is 0 Å². The minimum Gasteiger partial charge on any atom is -0.481 e. The Labute approximate surface area is 140 Å². The highest BCUT2D eigenvalue weighted by atomic mass is 16.4. The lowest BCUT2D eigenvalue weighted by Crippen LogP contribution is -2.58. The van der Waals surface area contributed by atoms with Gasteiger partial charge in [-0.05, 0) is 86.4 Å². The number of fused-ring (bicyclic) bond motifs is 3. The normalized spacial score (nSPS) is 58.3. The SMILES string of the molecule is C[C@@]12CC[C@@H]3[C@@](CC[C@H]4[C@@]3(C)CCC[C@@]4(C)C(=O)O)(C[C@@H]1N)C2. The van der Waals surface area contributed by atoms with E-state index in [9.17, 15) is 9.90 Å². The molecule has 130 valence electrons. The predicted molar refractivity (Wildman–Crippen MR) is 90.9 cm³/mol. The number of hydrogen-bond acceptors (Lipinski definition) is 2. The van der Waals surface area contributed by atoms with E-state index in [0.717, 1.165) is 19.3 Å². The largest absolute Gasteiger partial charge is 0.481 e. The first-order valence-corrected chi connectivity index (χ1v) is 9.65. The molecule has 0 aliphatic heterocycles. The molecule has 23 heavy (non-hydrogen) atoms. The van der Waals surface area contributed by atoms with Gasteiger partial charge in [0.15, 0.2) is 0 Å². The second kappa shape index (κ2) is 4.53. The van der Waals surface area contributed by atoms with E-state index in [4.69, 9.17) is 5.73 Å². The summed E-state index contributed by atoms with van der Waals surface area (Å²) in [7, 11) is 0. The van der Waals surface area contributed by atoms with E-state index in [2.05, 4.69) is 13.8 Å². The Morgan fingerprint density at radius 1 is 1.04 bits per heavy atom. The average molecular weight is 319 g/mol. The number of nitrogens with two attached hydrogens (primary N) is 1. The maximum absolute atomic E-state index is 12.1. The third-order valence-electron chi connectivity index (χ3n) is 9.21. The van der Waals surface area contributed by atoms with Crippen LogP contribution in [-0.4, -0.2) is 17.1 Å². The van der Waals surface area contributed by atoms with Gasteiger partial charge in [-0.3, -0.25) is 4.79 Å². The van der Waals surface area contributed by atoms with Crippen molar-refractivity contribution in [3.63, 3.8) is 0 Å². The molecular formula is C20H33NO2. The second-order valence-corrected chi connectivity index (χ2v) is 10.3. The fraction of sp³-hybridized carbons (Fsp3) is 0.950. The topological polar surface area (TPSA) is 63.3 Å². The molecule has 0 radical (unpaired) electrons. The van der Waals surface area contributed by atoms with Gasteiger partial charge in [0, 0.05) is 6.04 Å². The predicted octanol–water partition coefficient (Wildman–Crippen LogP) is 4.20. The zero-order chi connectivity index (χ0) is 16.7. The molecule has 0 saturated heterocycles. The first-order chi connectivity index (χ1) is 10.7. The zero-order valence-electron chi connectivity index (χ0n) is 15.0. The molecule has 1 spiro atoms. The lowest BCUT2D eigenvalue weighted by Gasteiger charge is -2.64. The third-order valence-corrected chi connectivity index (χ3v) is 9.21. The van der Waals surface area contributed by atoms with Gasteiger partial charge in [-0.25, -0.2) is 0 Å². The van der Waals surface area contributed by atoms with Crippen molar-refractivity contribution >= 4 is 5.97 Å². The van der Waals surface area contributed by atoms with Gasteiger partial charge < -0.3 is 10.8 Å². The summed E-state index contributed by atoms with van der Waals surface area (Å²) < 4.78 is 0. The first kappa shape index (κ1) is 15.9. The smallest absolute Gasteiger partial charge is 0.309 e. The summed E-state index contributed by atoms with van der Waals surface area (Å²) in [5, 5.41) is 9.94. The van der Waals surface area contributed by atoms with E-state index in [-0.39, 0.29) is 5.41 Å². The molecule has 3 nitrogen and oxygen atoms in total. The minimum absolute atomic E-state index is 0.203. The Bertz CT molecular complexity index is 548. The lowest BCUT2D eigenvalue weighted by atomic mass is 9.40. The quantitative estimate of drug-likeness (QED) is 0.761. The number of carboxylic acids is 1. The van der Waals surface area contributed by atoms with Crippen LogP contribution in [0, 0.1) is 33.5 Å². The van der Waals surface area contributed by atoms with E-state index in [1.807, 2.05) is 6.92 Å². The molecule has 0 heterocycles. The molecule has 3 N–H and O–H groups in total. The van der Waals surface area contributed by atoms with E-state index in [1.165, 1.54) is 38.5 Å². The lowest BCUT2D eigenvalue weighted by molar-refractivity contribution is -0.182. The van der Waals surface area contributed by atoms with Gasteiger partial charge in [0.05, 0.1) is 5.41 Å². The molecule has 0 aromatic carbocycles. The van der Waals surface area contributed by atoms with Crippen molar-refractivity contribution in [3.8, 4) is 0 Å². The minimum atomic E-state index is -0.562. The van der Waals surface area contributed by atoms with Crippen LogP contribution in [-0.2, 0) is 4.79 Å². The van der Waals surface area contributed by atoms with Gasteiger partial charge in [0.2, 0.25) is 0 Å². The molecule has 4 fully saturated rings. The molecule has 0 aromatic heterocycles. The Morgan fingerprint density at radius 3 is 2.43 bits per heavy atom. The van der Waals surface area contributed by atoms with Gasteiger partial charge in [-0.1, -0.05) is 20.3 Å². The van der Waals surface area contributed by atoms with Gasteiger partial charge in [0.25, 0.3) is 0 Å². The summed E-state index contributed by atoms with van der Waals surface area (Å²) in [5.74, 6) is 0.473. The van der Waals surface area contributed by atoms with Crippen LogP contribution in [0.1, 0.15) is 78.6 Å². The summed E-state index contributed by atoms with van der Waals surface area (Å²) >= 11 is 0. The van der Waals surface area contributed by atoms with Crippen molar-refractivity contribution in [2.45, 2.75) is 84.6 Å². The monoisotopic (exact) mass is 319 g/mol. The summed E-state index contributed by atoms with van der Waals surface area (Å²) in [6, 6.07) is 0.349. The fourth-order valence-electron chi connectivity index (χ4n) is 8.07. The Balaban J connectivity index is 1.74. The summed E-state index contributed by atoms with van der Waals surface area (Å²) in [6.07, 6.45) is 10.4. The van der Waals surface area contributed by atoms with E-state index in [0.29, 0.717) is 28.7 Å². The number of rotatable bonds is 1. The van der Waals surface area contributed by atoms with Crippen LogP contribution in [0.5, 0.6) is 0 Å². The highest BCUT2D eigenvalue weighted by Gasteiger charge is 2.67. The molecule has 3 heteroatoms. The highest BCUT2D eigenvalue weighted by Crippen LogP contribution is 2.73. The molecule has 0 unspecified atom stereocenters. The van der Waals surface area contributed by atoms with Crippen LogP contribution in [0.15, 0.2) is 0 Å². The third kappa shape index (κ3) is 1.83. The molecule has 0 amide bonds. The summed E-state index contributed by atoms with van der Waals surface area (Å²) in [4.78, 5) is 12.1. The van der Waals surface area contributed by atoms with Crippen molar-refractivity contribution in [2.75, 3.05) is 0 Å². The molecule has 4 rings (SSSR count). The maximum Gasteiger partial charge on any atom is 0.309 e.